The Morgan fingerprint density at radius 3 is 1.11 bits per heavy atom. The van der Waals surface area contributed by atoms with Crippen LogP contribution in [0.4, 0.5) is 0 Å². The van der Waals surface area contributed by atoms with Crippen molar-refractivity contribution in [2.45, 2.75) is 55.4 Å². The SMILES string of the molecule is C.CCC(C)(C)C.CCN.CN.C[C](N)=[V].O.O.S. The molecule has 0 spiro atoms. The Morgan fingerprint density at radius 2 is 1.11 bits per heavy atom. The van der Waals surface area contributed by atoms with Crippen molar-refractivity contribution in [1.29, 1.82) is 0 Å². The average molecular weight is 342 g/mol. The van der Waals surface area contributed by atoms with Gasteiger partial charge >= 0.3 is 34.0 Å². The molecule has 7 heteroatoms. The Balaban J connectivity index is -0.0000000141. The first-order valence-electron chi connectivity index (χ1n) is 5.27. The Kier molecular flexibility index (Phi) is 114. The molecule has 0 atom stereocenters. The molecule has 0 heterocycles. The molecule has 0 radical (unpaired) electrons. The summed E-state index contributed by atoms with van der Waals surface area (Å²) in [5, 5.41) is 0. The van der Waals surface area contributed by atoms with Crippen molar-refractivity contribution < 1.29 is 27.9 Å². The van der Waals surface area contributed by atoms with Gasteiger partial charge in [-0.1, -0.05) is 48.5 Å². The molecule has 0 aromatic carbocycles. The molecule has 0 unspecified atom stereocenters. The van der Waals surface area contributed by atoms with Crippen molar-refractivity contribution in [3.63, 3.8) is 0 Å². The first-order chi connectivity index (χ1) is 6.71. The second kappa shape index (κ2) is 42.8. The predicted octanol–water partition coefficient (Wildman–Crippen LogP) is 0.724. The quantitative estimate of drug-likeness (QED) is 0.597. The van der Waals surface area contributed by atoms with Crippen molar-refractivity contribution in [1.82, 2.24) is 0 Å². The van der Waals surface area contributed by atoms with Gasteiger partial charge in [-0.2, -0.15) is 13.5 Å². The number of rotatable bonds is 0. The second-order valence-electron chi connectivity index (χ2n) is 3.96. The summed E-state index contributed by atoms with van der Waals surface area (Å²) < 4.78 is 0.854. The molecule has 0 saturated carbocycles. The Hall–Kier alpha value is 0.604. The summed E-state index contributed by atoms with van der Waals surface area (Å²) in [7, 11) is 1.50. The fourth-order valence-corrected chi connectivity index (χ4v) is 0. The Morgan fingerprint density at radius 1 is 1.05 bits per heavy atom. The molecule has 0 aliphatic carbocycles. The van der Waals surface area contributed by atoms with Crippen LogP contribution in [0.3, 0.4) is 0 Å². The molecule has 0 aromatic rings. The van der Waals surface area contributed by atoms with Gasteiger partial charge in [-0.25, -0.2) is 0 Å². The van der Waals surface area contributed by atoms with Gasteiger partial charge in [-0.3, -0.25) is 0 Å². The minimum atomic E-state index is 0. The monoisotopic (exact) mass is 342 g/mol. The molecule has 10 N–H and O–H groups in total. The van der Waals surface area contributed by atoms with Crippen LogP contribution in [-0.2, 0) is 17.0 Å². The molecule has 127 valence electrons. The maximum absolute atomic E-state index is 5.00. The third-order valence-corrected chi connectivity index (χ3v) is 1.06. The summed E-state index contributed by atoms with van der Waals surface area (Å²) in [5.74, 6) is 0. The Bertz CT molecular complexity index is 120. The molecule has 0 rings (SSSR count). The summed E-state index contributed by atoms with van der Waals surface area (Å²) in [6.45, 7) is 13.4. The molecular weight excluding hydrogens is 301 g/mol. The Labute approximate surface area is 137 Å². The van der Waals surface area contributed by atoms with Gasteiger partial charge in [-0.05, 0) is 19.0 Å². The van der Waals surface area contributed by atoms with Crippen molar-refractivity contribution in [3.05, 3.63) is 0 Å². The van der Waals surface area contributed by atoms with E-state index in [1.807, 2.05) is 13.8 Å². The van der Waals surface area contributed by atoms with Crippen LogP contribution in [-0.4, -0.2) is 28.9 Å². The maximum Gasteiger partial charge on any atom is -0.197 e. The molecule has 19 heavy (non-hydrogen) atoms. The number of hydrogen-bond donors (Lipinski definition) is 3. The van der Waals surface area contributed by atoms with Gasteiger partial charge in [0.05, 0.1) is 0 Å². The second-order valence-corrected chi connectivity index (χ2v) is 5.07. The van der Waals surface area contributed by atoms with Gasteiger partial charge in [0.2, 0.25) is 0 Å². The first-order valence-corrected chi connectivity index (χ1v) is 5.96. The molecule has 0 amide bonds. The van der Waals surface area contributed by atoms with Crippen molar-refractivity contribution in [2.75, 3.05) is 13.6 Å². The van der Waals surface area contributed by atoms with Crippen LogP contribution < -0.4 is 17.2 Å². The number of nitrogens with two attached hydrogens (primary N) is 3. The van der Waals surface area contributed by atoms with Crippen LogP contribution in [0.15, 0.2) is 0 Å². The first kappa shape index (κ1) is 50.4. The normalized spacial score (nSPS) is 6.37. The average Bonchev–Trinajstić information content (AvgIpc) is 2.07. The van der Waals surface area contributed by atoms with E-state index >= 15 is 0 Å². The van der Waals surface area contributed by atoms with E-state index in [9.17, 15) is 0 Å². The van der Waals surface area contributed by atoms with Crippen LogP contribution in [0.5, 0.6) is 0 Å². The third kappa shape index (κ3) is 395. The summed E-state index contributed by atoms with van der Waals surface area (Å²) in [4.78, 5) is 0. The smallest absolute Gasteiger partial charge is 0.197 e. The summed E-state index contributed by atoms with van der Waals surface area (Å²) >= 11 is 2.23. The summed E-state index contributed by atoms with van der Waals surface area (Å²) in [6, 6.07) is 0. The maximum atomic E-state index is 5.00. The molecule has 0 aromatic heterocycles. The van der Waals surface area contributed by atoms with E-state index in [2.05, 4.69) is 50.4 Å². The van der Waals surface area contributed by atoms with Gasteiger partial charge in [-0.15, -0.1) is 0 Å². The van der Waals surface area contributed by atoms with Crippen molar-refractivity contribution >= 4 is 17.8 Å². The van der Waals surface area contributed by atoms with E-state index in [1.165, 1.54) is 13.5 Å². The number of hydrogen-bond acceptors (Lipinski definition) is 3. The van der Waals surface area contributed by atoms with Crippen LogP contribution in [0.25, 0.3) is 0 Å². The zero-order valence-electron chi connectivity index (χ0n) is 13.1. The van der Waals surface area contributed by atoms with Gasteiger partial charge in [0.15, 0.2) is 0 Å². The molecular formula is C12H41N3O2SV. The standard InChI is InChI=1S/C6H14.C2H7N.C2H5N.CH5N.CH4.2H2O.H2S.V/c1-5-6(2,3)4;2*1-2-3;1-2;;;;;/h5H2,1-4H3;2-3H2,1H3;3H2,1H3;2H2,1H3;1H4;3*1H2;. The minimum absolute atomic E-state index is 0. The minimum Gasteiger partial charge on any atom is -0.412 e. The van der Waals surface area contributed by atoms with E-state index in [0.29, 0.717) is 5.41 Å². The third-order valence-electron chi connectivity index (χ3n) is 1.06. The van der Waals surface area contributed by atoms with E-state index < -0.39 is 0 Å². The van der Waals surface area contributed by atoms with Crippen molar-refractivity contribution in [3.8, 4) is 0 Å². The molecule has 0 saturated heterocycles. The zero-order valence-corrected chi connectivity index (χ0v) is 15.5. The van der Waals surface area contributed by atoms with E-state index in [-0.39, 0.29) is 31.9 Å². The van der Waals surface area contributed by atoms with E-state index in [1.54, 1.807) is 0 Å². The van der Waals surface area contributed by atoms with Crippen LogP contribution >= 0.6 is 13.5 Å². The summed E-state index contributed by atoms with van der Waals surface area (Å²) in [5.41, 5.74) is 14.9. The molecule has 5 nitrogen and oxygen atoms in total. The largest absolute Gasteiger partial charge is 0.412 e. The molecule has 0 bridgehead atoms. The van der Waals surface area contributed by atoms with Crippen LogP contribution in [0.2, 0.25) is 0 Å². The van der Waals surface area contributed by atoms with Gasteiger partial charge in [0.25, 0.3) is 0 Å². The van der Waals surface area contributed by atoms with E-state index in [4.69, 9.17) is 11.5 Å². The zero-order chi connectivity index (χ0) is 13.5. The molecule has 0 aliphatic rings. The van der Waals surface area contributed by atoms with Crippen molar-refractivity contribution in [2.24, 2.45) is 22.6 Å². The topological polar surface area (TPSA) is 141 Å². The fraction of sp³-hybridized carbons (Fsp3) is 0.917. The van der Waals surface area contributed by atoms with Gasteiger partial charge < -0.3 is 22.4 Å². The van der Waals surface area contributed by atoms with Gasteiger partial charge in [0.1, 0.15) is 0 Å². The van der Waals surface area contributed by atoms with E-state index in [0.717, 1.165) is 10.9 Å². The van der Waals surface area contributed by atoms with Crippen LogP contribution in [0.1, 0.15) is 55.4 Å². The predicted molar refractivity (Wildman–Crippen MR) is 93.8 cm³/mol. The van der Waals surface area contributed by atoms with Crippen LogP contribution in [0, 0.1) is 5.41 Å². The van der Waals surface area contributed by atoms with Gasteiger partial charge in [0, 0.05) is 0 Å². The molecule has 0 fully saturated rings. The molecule has 0 aliphatic heterocycles. The summed E-state index contributed by atoms with van der Waals surface area (Å²) in [6.07, 6.45) is 1.27. The fourth-order valence-electron chi connectivity index (χ4n) is 0.